The minimum Gasteiger partial charge on any atom is -0.364 e. The number of nitrogens with two attached hydrogens (primary N) is 1. The number of primary amides is 1. The number of carbonyl (C=O) groups is 3. The van der Waals surface area contributed by atoms with Crippen molar-refractivity contribution < 1.29 is 22.8 Å². The maximum absolute atomic E-state index is 12.9. The third-order valence-electron chi connectivity index (χ3n) is 5.58. The lowest BCUT2D eigenvalue weighted by Crippen LogP contribution is -2.42. The van der Waals surface area contributed by atoms with Crippen molar-refractivity contribution in [1.82, 2.24) is 19.5 Å². The van der Waals surface area contributed by atoms with Crippen molar-refractivity contribution in [2.45, 2.75) is 24.3 Å². The zero-order valence-corrected chi connectivity index (χ0v) is 18.8. The summed E-state index contributed by atoms with van der Waals surface area (Å²) in [5.74, 6) is -1.36. The molecule has 1 aliphatic rings. The Morgan fingerprint density at radius 3 is 2.44 bits per heavy atom. The van der Waals surface area contributed by atoms with E-state index in [1.807, 2.05) is 6.07 Å². The summed E-state index contributed by atoms with van der Waals surface area (Å²) in [6.45, 7) is 0.683. The van der Waals surface area contributed by atoms with E-state index < -0.39 is 15.9 Å². The zero-order chi connectivity index (χ0) is 23.5. The Balaban J connectivity index is 1.57. The second-order valence-electron chi connectivity index (χ2n) is 7.71. The molecule has 1 aromatic heterocycles. The van der Waals surface area contributed by atoms with E-state index >= 15 is 0 Å². The largest absolute Gasteiger partial charge is 0.364 e. The van der Waals surface area contributed by atoms with Gasteiger partial charge in [0.25, 0.3) is 11.8 Å². The normalized spacial score (nSPS) is 15.3. The van der Waals surface area contributed by atoms with Crippen molar-refractivity contribution in [3.05, 3.63) is 53.3 Å². The van der Waals surface area contributed by atoms with E-state index in [1.165, 1.54) is 21.1 Å². The van der Waals surface area contributed by atoms with Gasteiger partial charge in [-0.25, -0.2) is 8.42 Å². The molecule has 172 valence electrons. The lowest BCUT2D eigenvalue weighted by atomic mass is 9.97. The Morgan fingerprint density at radius 2 is 1.84 bits per heavy atom. The van der Waals surface area contributed by atoms with Crippen LogP contribution < -0.4 is 16.4 Å². The van der Waals surface area contributed by atoms with Crippen LogP contribution in [0.15, 0.2) is 41.4 Å². The van der Waals surface area contributed by atoms with Crippen LogP contribution >= 0.6 is 0 Å². The molecule has 0 aliphatic carbocycles. The SMILES string of the molecule is CNC(=O)c1cccc(CNC(=O)C2CCN(S(=O)(=O)c3cc(C(N)=O)n(C)c3)CC2)c1. The molecule has 0 saturated carbocycles. The highest BCUT2D eigenvalue weighted by atomic mass is 32.2. The summed E-state index contributed by atoms with van der Waals surface area (Å²) < 4.78 is 28.5. The fraction of sp³-hybridized carbons (Fsp3) is 0.381. The molecule has 11 heteroatoms. The van der Waals surface area contributed by atoms with Crippen molar-refractivity contribution in [2.75, 3.05) is 20.1 Å². The molecule has 0 atom stereocenters. The average Bonchev–Trinajstić information content (AvgIpc) is 3.20. The number of hydrogen-bond acceptors (Lipinski definition) is 5. The van der Waals surface area contributed by atoms with Crippen molar-refractivity contribution in [2.24, 2.45) is 18.7 Å². The van der Waals surface area contributed by atoms with Crippen LogP contribution in [0.1, 0.15) is 39.3 Å². The summed E-state index contributed by atoms with van der Waals surface area (Å²) in [6.07, 6.45) is 2.14. The number of sulfonamides is 1. The van der Waals surface area contributed by atoms with Crippen LogP contribution in [0.4, 0.5) is 0 Å². The van der Waals surface area contributed by atoms with E-state index in [9.17, 15) is 22.8 Å². The first kappa shape index (κ1) is 23.5. The van der Waals surface area contributed by atoms with Gasteiger partial charge in [0.1, 0.15) is 10.6 Å². The summed E-state index contributed by atoms with van der Waals surface area (Å²) in [4.78, 5) is 35.7. The average molecular weight is 462 g/mol. The standard InChI is InChI=1S/C21H27N5O5S/c1-23-20(28)16-5-3-4-14(10-16)12-24-21(29)15-6-8-26(9-7-15)32(30,31)17-11-18(19(22)27)25(2)13-17/h3-5,10-11,13,15H,6-9,12H2,1-2H3,(H2,22,27)(H,23,28)(H,24,29). The molecule has 2 aromatic rings. The van der Waals surface area contributed by atoms with Gasteiger partial charge in [0.15, 0.2) is 0 Å². The van der Waals surface area contributed by atoms with Crippen LogP contribution in [-0.2, 0) is 28.4 Å². The van der Waals surface area contributed by atoms with Crippen LogP contribution in [0, 0.1) is 5.92 Å². The Bertz CT molecular complexity index is 1130. The Morgan fingerprint density at radius 1 is 1.16 bits per heavy atom. The van der Waals surface area contributed by atoms with Gasteiger partial charge in [-0.3, -0.25) is 14.4 Å². The molecule has 2 heterocycles. The molecule has 3 rings (SSSR count). The van der Waals surface area contributed by atoms with Gasteiger partial charge in [0.05, 0.1) is 0 Å². The molecular weight excluding hydrogens is 434 g/mol. The number of nitrogens with one attached hydrogen (secondary N) is 2. The van der Waals surface area contributed by atoms with Crippen LogP contribution in [0.3, 0.4) is 0 Å². The van der Waals surface area contributed by atoms with E-state index in [-0.39, 0.29) is 48.0 Å². The first-order valence-corrected chi connectivity index (χ1v) is 11.6. The van der Waals surface area contributed by atoms with Gasteiger partial charge in [0.2, 0.25) is 15.9 Å². The lowest BCUT2D eigenvalue weighted by molar-refractivity contribution is -0.126. The zero-order valence-electron chi connectivity index (χ0n) is 18.0. The van der Waals surface area contributed by atoms with Crippen LogP contribution in [0.25, 0.3) is 0 Å². The number of aryl methyl sites for hydroxylation is 1. The van der Waals surface area contributed by atoms with E-state index in [4.69, 9.17) is 5.73 Å². The van der Waals surface area contributed by atoms with Crippen molar-refractivity contribution in [3.63, 3.8) is 0 Å². The number of nitrogens with zero attached hydrogens (tertiary/aromatic N) is 2. The fourth-order valence-corrected chi connectivity index (χ4v) is 5.27. The maximum Gasteiger partial charge on any atom is 0.265 e. The van der Waals surface area contributed by atoms with E-state index in [0.717, 1.165) is 5.56 Å². The van der Waals surface area contributed by atoms with Gasteiger partial charge < -0.3 is 20.9 Å². The third kappa shape index (κ3) is 5.00. The highest BCUT2D eigenvalue weighted by molar-refractivity contribution is 7.89. The first-order chi connectivity index (χ1) is 15.1. The summed E-state index contributed by atoms with van der Waals surface area (Å²) in [6, 6.07) is 8.25. The van der Waals surface area contributed by atoms with Crippen LogP contribution in [-0.4, -0.2) is 55.1 Å². The quantitative estimate of drug-likeness (QED) is 0.540. The lowest BCUT2D eigenvalue weighted by Gasteiger charge is -2.30. The van der Waals surface area contributed by atoms with E-state index in [2.05, 4.69) is 10.6 Å². The van der Waals surface area contributed by atoms with Gasteiger partial charge in [-0.05, 0) is 36.6 Å². The van der Waals surface area contributed by atoms with Gasteiger partial charge in [-0.15, -0.1) is 0 Å². The second kappa shape index (κ2) is 9.53. The monoisotopic (exact) mass is 461 g/mol. The van der Waals surface area contributed by atoms with E-state index in [1.54, 1.807) is 32.3 Å². The Kier molecular flexibility index (Phi) is 6.99. The van der Waals surface area contributed by atoms with Gasteiger partial charge in [-0.2, -0.15) is 4.31 Å². The van der Waals surface area contributed by atoms with E-state index in [0.29, 0.717) is 18.4 Å². The molecule has 0 spiro atoms. The molecule has 32 heavy (non-hydrogen) atoms. The second-order valence-corrected chi connectivity index (χ2v) is 9.65. The number of aromatic nitrogens is 1. The summed E-state index contributed by atoms with van der Waals surface area (Å²) in [5, 5.41) is 5.43. The molecule has 1 fully saturated rings. The number of benzene rings is 1. The third-order valence-corrected chi connectivity index (χ3v) is 7.44. The molecule has 1 aliphatic heterocycles. The molecular formula is C21H27N5O5S. The summed E-state index contributed by atoms with van der Waals surface area (Å²) in [5.41, 5.74) is 6.69. The smallest absolute Gasteiger partial charge is 0.265 e. The highest BCUT2D eigenvalue weighted by Gasteiger charge is 2.33. The van der Waals surface area contributed by atoms with Crippen LogP contribution in [0.2, 0.25) is 0 Å². The Labute approximate surface area is 186 Å². The molecule has 10 nitrogen and oxygen atoms in total. The first-order valence-electron chi connectivity index (χ1n) is 10.2. The predicted octanol–water partition coefficient (Wildman–Crippen LogP) is 0.201. The molecule has 1 saturated heterocycles. The molecule has 0 unspecified atom stereocenters. The van der Waals surface area contributed by atoms with Crippen molar-refractivity contribution in [1.29, 1.82) is 0 Å². The fourth-order valence-electron chi connectivity index (χ4n) is 3.73. The predicted molar refractivity (Wildman–Crippen MR) is 117 cm³/mol. The molecule has 0 bridgehead atoms. The number of carbonyl (C=O) groups excluding carboxylic acids is 3. The molecule has 4 N–H and O–H groups in total. The highest BCUT2D eigenvalue weighted by Crippen LogP contribution is 2.25. The van der Waals surface area contributed by atoms with Gasteiger partial charge >= 0.3 is 0 Å². The summed E-state index contributed by atoms with van der Waals surface area (Å²) >= 11 is 0. The summed E-state index contributed by atoms with van der Waals surface area (Å²) in [7, 11) is -0.673. The van der Waals surface area contributed by atoms with Crippen molar-refractivity contribution in [3.8, 4) is 0 Å². The number of amides is 3. The van der Waals surface area contributed by atoms with Crippen LogP contribution in [0.5, 0.6) is 0 Å². The molecule has 1 aromatic carbocycles. The number of piperidine rings is 1. The maximum atomic E-state index is 12.9. The molecule has 3 amide bonds. The Hall–Kier alpha value is -3.18. The topological polar surface area (TPSA) is 144 Å². The van der Waals surface area contributed by atoms with Gasteiger partial charge in [0, 0.05) is 51.4 Å². The number of hydrogen-bond donors (Lipinski definition) is 3. The minimum atomic E-state index is -3.78. The van der Waals surface area contributed by atoms with Crippen molar-refractivity contribution >= 4 is 27.7 Å². The van der Waals surface area contributed by atoms with Gasteiger partial charge in [-0.1, -0.05) is 12.1 Å². The minimum absolute atomic E-state index is 0.00713. The number of rotatable bonds is 7. The molecule has 0 radical (unpaired) electrons.